The van der Waals surface area contributed by atoms with Crippen molar-refractivity contribution in [1.82, 2.24) is 24.9 Å². The largest absolute Gasteiger partial charge is 0.338 e. The Bertz CT molecular complexity index is 618. The third-order valence-electron chi connectivity index (χ3n) is 4.32. The predicted octanol–water partition coefficient (Wildman–Crippen LogP) is 2.67. The molecule has 0 amide bonds. The maximum Gasteiger partial charge on any atom is 0.243 e. The standard InChI is InChI=1S/C16H25N5OS/c1-4-5-15-18-16(22-19-15)12(2)21-8-6-20(7-9-21)10-14-11-23-13(3)17-14/h11-12H,4-10H2,1-3H3/t12-/m0/s1. The molecule has 2 aromatic heterocycles. The van der Waals surface area contributed by atoms with E-state index >= 15 is 0 Å². The molecule has 1 fully saturated rings. The van der Waals surface area contributed by atoms with E-state index in [0.717, 1.165) is 62.3 Å². The van der Waals surface area contributed by atoms with E-state index in [1.54, 1.807) is 11.3 Å². The van der Waals surface area contributed by atoms with Crippen molar-refractivity contribution in [3.63, 3.8) is 0 Å². The Balaban J connectivity index is 1.51. The molecule has 1 aliphatic rings. The van der Waals surface area contributed by atoms with Gasteiger partial charge in [0, 0.05) is 44.5 Å². The van der Waals surface area contributed by atoms with Crippen molar-refractivity contribution in [3.8, 4) is 0 Å². The zero-order valence-electron chi connectivity index (χ0n) is 14.2. The number of hydrogen-bond donors (Lipinski definition) is 0. The zero-order chi connectivity index (χ0) is 16.2. The maximum absolute atomic E-state index is 5.43. The summed E-state index contributed by atoms with van der Waals surface area (Å²) in [5.74, 6) is 1.57. The quantitative estimate of drug-likeness (QED) is 0.809. The molecule has 3 rings (SSSR count). The van der Waals surface area contributed by atoms with Crippen LogP contribution in [-0.4, -0.2) is 51.1 Å². The summed E-state index contributed by atoms with van der Waals surface area (Å²) >= 11 is 1.73. The van der Waals surface area contributed by atoms with Crippen LogP contribution in [-0.2, 0) is 13.0 Å². The number of hydrogen-bond acceptors (Lipinski definition) is 7. The van der Waals surface area contributed by atoms with Gasteiger partial charge >= 0.3 is 0 Å². The number of aryl methyl sites for hydroxylation is 2. The van der Waals surface area contributed by atoms with Crippen molar-refractivity contribution in [2.75, 3.05) is 26.2 Å². The molecule has 2 aromatic rings. The second-order valence-corrected chi connectivity index (χ2v) is 7.21. The van der Waals surface area contributed by atoms with Crippen LogP contribution < -0.4 is 0 Å². The van der Waals surface area contributed by atoms with E-state index < -0.39 is 0 Å². The van der Waals surface area contributed by atoms with E-state index in [9.17, 15) is 0 Å². The first-order chi connectivity index (χ1) is 11.2. The Morgan fingerprint density at radius 1 is 1.26 bits per heavy atom. The van der Waals surface area contributed by atoms with Crippen molar-refractivity contribution in [3.05, 3.63) is 27.8 Å². The summed E-state index contributed by atoms with van der Waals surface area (Å²) in [5.41, 5.74) is 1.19. The van der Waals surface area contributed by atoms with Gasteiger partial charge in [-0.25, -0.2) is 4.98 Å². The second-order valence-electron chi connectivity index (χ2n) is 6.14. The highest BCUT2D eigenvalue weighted by molar-refractivity contribution is 7.09. The first-order valence-corrected chi connectivity index (χ1v) is 9.23. The summed E-state index contributed by atoms with van der Waals surface area (Å²) < 4.78 is 5.43. The lowest BCUT2D eigenvalue weighted by Gasteiger charge is -2.36. The fraction of sp³-hybridized carbons (Fsp3) is 0.688. The van der Waals surface area contributed by atoms with E-state index in [1.165, 1.54) is 5.69 Å². The molecule has 0 bridgehead atoms. The van der Waals surface area contributed by atoms with Crippen LogP contribution in [0.3, 0.4) is 0 Å². The summed E-state index contributed by atoms with van der Waals surface area (Å²) in [6.45, 7) is 11.4. The number of thiazole rings is 1. The Kier molecular flexibility index (Phi) is 5.40. The van der Waals surface area contributed by atoms with Gasteiger partial charge in [-0.15, -0.1) is 11.3 Å². The molecule has 0 aromatic carbocycles. The predicted molar refractivity (Wildman–Crippen MR) is 90.4 cm³/mol. The topological polar surface area (TPSA) is 58.3 Å². The molecular weight excluding hydrogens is 310 g/mol. The van der Waals surface area contributed by atoms with Gasteiger partial charge in [-0.3, -0.25) is 9.80 Å². The lowest BCUT2D eigenvalue weighted by molar-refractivity contribution is 0.0839. The van der Waals surface area contributed by atoms with Crippen molar-refractivity contribution < 1.29 is 4.52 Å². The molecule has 7 heteroatoms. The van der Waals surface area contributed by atoms with Crippen LogP contribution in [0.4, 0.5) is 0 Å². The second kappa shape index (κ2) is 7.51. The van der Waals surface area contributed by atoms with E-state index in [2.05, 4.69) is 51.1 Å². The van der Waals surface area contributed by atoms with Gasteiger partial charge < -0.3 is 4.52 Å². The number of aromatic nitrogens is 3. The van der Waals surface area contributed by atoms with Crippen LogP contribution in [0.5, 0.6) is 0 Å². The maximum atomic E-state index is 5.43. The molecule has 0 aliphatic carbocycles. The highest BCUT2D eigenvalue weighted by Gasteiger charge is 2.25. The van der Waals surface area contributed by atoms with Crippen LogP contribution in [0.2, 0.25) is 0 Å². The van der Waals surface area contributed by atoms with Gasteiger partial charge in [0.15, 0.2) is 5.82 Å². The van der Waals surface area contributed by atoms with Crippen LogP contribution in [0.15, 0.2) is 9.90 Å². The zero-order valence-corrected chi connectivity index (χ0v) is 15.0. The van der Waals surface area contributed by atoms with Crippen LogP contribution in [0.1, 0.15) is 48.7 Å². The van der Waals surface area contributed by atoms with Gasteiger partial charge in [0.1, 0.15) is 0 Å². The Labute approximate surface area is 141 Å². The molecule has 0 saturated carbocycles. The molecule has 1 aliphatic heterocycles. The summed E-state index contributed by atoms with van der Waals surface area (Å²) in [4.78, 5) is 14.0. The molecule has 1 saturated heterocycles. The van der Waals surface area contributed by atoms with E-state index in [0.29, 0.717) is 0 Å². The van der Waals surface area contributed by atoms with Gasteiger partial charge in [0.05, 0.1) is 16.7 Å². The Hall–Kier alpha value is -1.31. The lowest BCUT2D eigenvalue weighted by Crippen LogP contribution is -2.46. The lowest BCUT2D eigenvalue weighted by atomic mass is 10.2. The van der Waals surface area contributed by atoms with Crippen LogP contribution in [0.25, 0.3) is 0 Å². The van der Waals surface area contributed by atoms with Crippen LogP contribution in [0, 0.1) is 6.92 Å². The molecule has 0 unspecified atom stereocenters. The Morgan fingerprint density at radius 2 is 2.04 bits per heavy atom. The Morgan fingerprint density at radius 3 is 2.70 bits per heavy atom. The first-order valence-electron chi connectivity index (χ1n) is 8.35. The minimum absolute atomic E-state index is 0.191. The summed E-state index contributed by atoms with van der Waals surface area (Å²) in [7, 11) is 0. The molecular formula is C16H25N5OS. The third-order valence-corrected chi connectivity index (χ3v) is 5.14. The fourth-order valence-electron chi connectivity index (χ4n) is 2.94. The molecule has 1 atom stereocenters. The number of rotatable bonds is 6. The molecule has 6 nitrogen and oxygen atoms in total. The molecule has 126 valence electrons. The fourth-order valence-corrected chi connectivity index (χ4v) is 3.54. The van der Waals surface area contributed by atoms with Crippen molar-refractivity contribution in [2.24, 2.45) is 0 Å². The smallest absolute Gasteiger partial charge is 0.243 e. The van der Waals surface area contributed by atoms with Crippen molar-refractivity contribution in [2.45, 2.75) is 46.2 Å². The average molecular weight is 335 g/mol. The summed E-state index contributed by atoms with van der Waals surface area (Å²) in [5, 5.41) is 7.37. The average Bonchev–Trinajstić information content (AvgIpc) is 3.17. The van der Waals surface area contributed by atoms with Crippen molar-refractivity contribution in [1.29, 1.82) is 0 Å². The minimum atomic E-state index is 0.191. The van der Waals surface area contributed by atoms with Gasteiger partial charge in [-0.1, -0.05) is 12.1 Å². The van der Waals surface area contributed by atoms with E-state index in [4.69, 9.17) is 4.52 Å². The highest BCUT2D eigenvalue weighted by atomic mass is 32.1. The van der Waals surface area contributed by atoms with Crippen LogP contribution >= 0.6 is 11.3 Å². The summed E-state index contributed by atoms with van der Waals surface area (Å²) in [6, 6.07) is 0.191. The minimum Gasteiger partial charge on any atom is -0.338 e. The first kappa shape index (κ1) is 16.5. The van der Waals surface area contributed by atoms with Gasteiger partial charge in [0.2, 0.25) is 5.89 Å². The SMILES string of the molecule is CCCc1noc([C@H](C)N2CCN(Cc3csc(C)n3)CC2)n1. The molecule has 23 heavy (non-hydrogen) atoms. The molecule has 0 radical (unpaired) electrons. The van der Waals surface area contributed by atoms with Gasteiger partial charge in [-0.2, -0.15) is 4.98 Å². The molecule has 0 N–H and O–H groups in total. The normalized spacial score (nSPS) is 18.4. The van der Waals surface area contributed by atoms with E-state index in [-0.39, 0.29) is 6.04 Å². The number of nitrogens with zero attached hydrogens (tertiary/aromatic N) is 5. The summed E-state index contributed by atoms with van der Waals surface area (Å²) in [6.07, 6.45) is 1.93. The third kappa shape index (κ3) is 4.16. The van der Waals surface area contributed by atoms with Gasteiger partial charge in [0.25, 0.3) is 0 Å². The molecule has 0 spiro atoms. The number of piperazine rings is 1. The van der Waals surface area contributed by atoms with E-state index in [1.807, 2.05) is 0 Å². The highest BCUT2D eigenvalue weighted by Crippen LogP contribution is 2.21. The van der Waals surface area contributed by atoms with Crippen molar-refractivity contribution >= 4 is 11.3 Å². The van der Waals surface area contributed by atoms with Gasteiger partial charge in [-0.05, 0) is 20.3 Å². The molecule has 3 heterocycles. The monoisotopic (exact) mass is 335 g/mol.